The summed E-state index contributed by atoms with van der Waals surface area (Å²) in [4.78, 5) is 43.6. The van der Waals surface area contributed by atoms with Crippen LogP contribution in [0.15, 0.2) is 47.0 Å². The molecule has 0 aliphatic heterocycles. The molecule has 228 valence electrons. The molecule has 4 atom stereocenters. The highest BCUT2D eigenvalue weighted by Gasteiger charge is 2.68. The van der Waals surface area contributed by atoms with Crippen LogP contribution in [0.1, 0.15) is 68.3 Å². The first-order valence-corrected chi connectivity index (χ1v) is 17.3. The first-order chi connectivity index (χ1) is 19.7. The molecule has 0 spiro atoms. The van der Waals surface area contributed by atoms with Gasteiger partial charge in [-0.1, -0.05) is 64.4 Å². The summed E-state index contributed by atoms with van der Waals surface area (Å²) in [7, 11) is 0.808. The Hall–Kier alpha value is -3.28. The van der Waals surface area contributed by atoms with Gasteiger partial charge in [-0.25, -0.2) is 4.79 Å². The Balaban J connectivity index is 1.81. The molecule has 1 aromatic heterocycles. The molecule has 1 aromatic carbocycles. The van der Waals surface area contributed by atoms with E-state index in [2.05, 4.69) is 5.16 Å². The van der Waals surface area contributed by atoms with Gasteiger partial charge in [0.25, 0.3) is 5.88 Å². The normalized spacial score (nSPS) is 23.9. The number of unbranched alkanes of at least 4 members (excludes halogenated alkanes) is 1. The number of Topliss-reactive ketones (excluding diaryl/α,β-unsaturated/α-hetero) is 1. The number of ether oxygens (including phenoxy) is 3. The molecule has 0 unspecified atom stereocenters. The zero-order valence-electron chi connectivity index (χ0n) is 25.8. The van der Waals surface area contributed by atoms with E-state index in [1.807, 2.05) is 76.0 Å². The van der Waals surface area contributed by atoms with Gasteiger partial charge in [0.2, 0.25) is 5.78 Å². The lowest BCUT2D eigenvalue weighted by atomic mass is 9.64. The van der Waals surface area contributed by atoms with E-state index >= 15 is 0 Å². The lowest BCUT2D eigenvalue weighted by molar-refractivity contribution is -0.142. The Bertz CT molecular complexity index is 1330. The van der Waals surface area contributed by atoms with Gasteiger partial charge in [0.15, 0.2) is 25.5 Å². The fourth-order valence-corrected chi connectivity index (χ4v) is 6.64. The summed E-state index contributed by atoms with van der Waals surface area (Å²) < 4.78 is 29.8. The molecule has 0 N–H and O–H groups in total. The van der Waals surface area contributed by atoms with E-state index in [1.165, 1.54) is 12.2 Å². The number of rotatable bonds is 10. The first kappa shape index (κ1) is 31.6. The van der Waals surface area contributed by atoms with Crippen molar-refractivity contribution in [2.24, 2.45) is 5.92 Å². The maximum atomic E-state index is 14.7. The zero-order chi connectivity index (χ0) is 30.9. The van der Waals surface area contributed by atoms with Crippen LogP contribution in [0.3, 0.4) is 0 Å². The van der Waals surface area contributed by atoms with Crippen LogP contribution in [0.2, 0.25) is 18.1 Å². The zero-order valence-corrected chi connectivity index (χ0v) is 26.8. The molecule has 1 heterocycles. The minimum absolute atomic E-state index is 0.00602. The van der Waals surface area contributed by atoms with Crippen molar-refractivity contribution in [1.29, 1.82) is 0 Å². The maximum Gasteiger partial charge on any atom is 0.509 e. The summed E-state index contributed by atoms with van der Waals surface area (Å²) in [5.41, 5.74) is -1.12. The predicted molar refractivity (Wildman–Crippen MR) is 158 cm³/mol. The van der Waals surface area contributed by atoms with Crippen molar-refractivity contribution in [3.05, 3.63) is 59.4 Å². The van der Waals surface area contributed by atoms with Gasteiger partial charge < -0.3 is 23.2 Å². The highest BCUT2D eigenvalue weighted by molar-refractivity contribution is 6.74. The Labute approximate surface area is 248 Å². The molecule has 42 heavy (non-hydrogen) atoms. The third-order valence-corrected chi connectivity index (χ3v) is 12.9. The number of hydrogen-bond donors (Lipinski definition) is 0. The van der Waals surface area contributed by atoms with Crippen molar-refractivity contribution in [2.45, 2.75) is 83.0 Å². The van der Waals surface area contributed by atoms with Gasteiger partial charge in [-0.2, -0.15) is 0 Å². The molecule has 2 aliphatic carbocycles. The lowest BCUT2D eigenvalue weighted by Crippen LogP contribution is -2.68. The molecule has 2 aromatic rings. The third kappa shape index (κ3) is 5.82. The average Bonchev–Trinajstić information content (AvgIpc) is 3.34. The summed E-state index contributed by atoms with van der Waals surface area (Å²) >= 11 is 0. The second-order valence-corrected chi connectivity index (χ2v) is 17.3. The van der Waals surface area contributed by atoms with Gasteiger partial charge in [0.05, 0.1) is 18.6 Å². The van der Waals surface area contributed by atoms with Gasteiger partial charge in [-0.05, 0) is 61.5 Å². The molecule has 2 aliphatic rings. The molecule has 0 saturated heterocycles. The monoisotopic (exact) mass is 598 g/mol. The van der Waals surface area contributed by atoms with Gasteiger partial charge in [-0.15, -0.1) is 0 Å². The highest BCUT2D eigenvalue weighted by Crippen LogP contribution is 2.54. The molecule has 0 saturated carbocycles. The summed E-state index contributed by atoms with van der Waals surface area (Å²) in [6.45, 7) is 12.4. The predicted octanol–water partition coefficient (Wildman–Crippen LogP) is 5.89. The third-order valence-electron chi connectivity index (χ3n) is 8.43. The molecule has 0 amide bonds. The van der Waals surface area contributed by atoms with Gasteiger partial charge in [0, 0.05) is 0 Å². The Kier molecular flexibility index (Phi) is 9.15. The van der Waals surface area contributed by atoms with Crippen LogP contribution in [0.5, 0.6) is 5.88 Å². The van der Waals surface area contributed by atoms with E-state index in [1.54, 1.807) is 14.1 Å². The first-order valence-electron chi connectivity index (χ1n) is 14.4. The van der Waals surface area contributed by atoms with Crippen molar-refractivity contribution in [3.8, 4) is 5.88 Å². The number of carbonyl (C=O) groups is 3. The van der Waals surface area contributed by atoms with Crippen LogP contribution in [0.25, 0.3) is 0 Å². The van der Waals surface area contributed by atoms with E-state index in [-0.39, 0.29) is 28.8 Å². The van der Waals surface area contributed by atoms with E-state index in [0.29, 0.717) is 6.61 Å². The second kappa shape index (κ2) is 12.1. The number of hydrogen-bond acceptors (Lipinski definition) is 10. The molecule has 11 heteroatoms. The minimum Gasteiger partial charge on any atom is -0.475 e. The fourth-order valence-electron chi connectivity index (χ4n) is 5.20. The molecular weight excluding hydrogens is 556 g/mol. The van der Waals surface area contributed by atoms with Crippen molar-refractivity contribution < 1.29 is 37.5 Å². The van der Waals surface area contributed by atoms with E-state index < -0.39 is 49.7 Å². The van der Waals surface area contributed by atoms with Crippen LogP contribution in [-0.2, 0) is 25.3 Å². The standard InChI is InChI=1S/C31H42N2O8Si/c1-9-10-18-37-28-23-26(40-32-28)25(33(5)6)24-21(39-29(36)38-19-20-14-12-11-13-15-20)16-17-22(34)31(24,27(23)35)41-42(7,8)30(2,3)4/h11-17,21,24-25H,9-10,18-19H2,1-8H3/t21-,24-,25-,31+/m0/s1. The number of aromatic nitrogens is 1. The smallest absolute Gasteiger partial charge is 0.475 e. The van der Waals surface area contributed by atoms with Crippen molar-refractivity contribution in [3.63, 3.8) is 0 Å². The van der Waals surface area contributed by atoms with Crippen LogP contribution < -0.4 is 4.74 Å². The van der Waals surface area contributed by atoms with Crippen molar-refractivity contribution in [1.82, 2.24) is 10.1 Å². The Morgan fingerprint density at radius 2 is 1.83 bits per heavy atom. The van der Waals surface area contributed by atoms with Crippen LogP contribution in [0, 0.1) is 5.92 Å². The minimum atomic E-state index is -2.79. The topological polar surface area (TPSA) is 117 Å². The van der Waals surface area contributed by atoms with Gasteiger partial charge in [0.1, 0.15) is 18.3 Å². The largest absolute Gasteiger partial charge is 0.509 e. The van der Waals surface area contributed by atoms with Gasteiger partial charge in [-0.3, -0.25) is 14.5 Å². The number of benzene rings is 1. The summed E-state index contributed by atoms with van der Waals surface area (Å²) in [5.74, 6) is -1.82. The number of fused-ring (bicyclic) bond motifs is 2. The summed E-state index contributed by atoms with van der Waals surface area (Å²) in [5, 5.41) is 3.76. The fraction of sp³-hybridized carbons (Fsp3) is 0.548. The van der Waals surface area contributed by atoms with Gasteiger partial charge >= 0.3 is 6.16 Å². The number of nitrogens with zero attached hydrogens (tertiary/aromatic N) is 2. The SMILES string of the molecule is CCCCOc1noc2c1C(=O)[C@@]1(O[Si](C)(C)C(C)(C)C)C(=O)C=C[C@H](OC(=O)OCc3ccccc3)[C@H]1[C@@H]2N(C)C. The maximum absolute atomic E-state index is 14.7. The molecule has 0 radical (unpaired) electrons. The molecule has 10 nitrogen and oxygen atoms in total. The summed E-state index contributed by atoms with van der Waals surface area (Å²) in [6.07, 6.45) is 2.44. The average molecular weight is 599 g/mol. The van der Waals surface area contributed by atoms with E-state index in [4.69, 9.17) is 23.2 Å². The van der Waals surface area contributed by atoms with Crippen molar-refractivity contribution in [2.75, 3.05) is 20.7 Å². The Morgan fingerprint density at radius 1 is 1.14 bits per heavy atom. The number of carbonyl (C=O) groups excluding carboxylic acids is 3. The Morgan fingerprint density at radius 3 is 2.45 bits per heavy atom. The van der Waals surface area contributed by atoms with Crippen LogP contribution in [-0.4, -0.2) is 68.5 Å². The van der Waals surface area contributed by atoms with Crippen LogP contribution in [0.4, 0.5) is 4.79 Å². The van der Waals surface area contributed by atoms with Crippen molar-refractivity contribution >= 4 is 26.0 Å². The second-order valence-electron chi connectivity index (χ2n) is 12.6. The van der Waals surface area contributed by atoms with E-state index in [9.17, 15) is 14.4 Å². The lowest BCUT2D eigenvalue weighted by Gasteiger charge is -2.53. The summed E-state index contributed by atoms with van der Waals surface area (Å²) in [6, 6.07) is 8.50. The van der Waals surface area contributed by atoms with E-state index in [0.717, 1.165) is 18.4 Å². The molecule has 0 fully saturated rings. The number of ketones is 2. The van der Waals surface area contributed by atoms with Crippen LogP contribution >= 0.6 is 0 Å². The quantitative estimate of drug-likeness (QED) is 0.142. The molecule has 0 bridgehead atoms. The molecule has 4 rings (SSSR count). The highest BCUT2D eigenvalue weighted by atomic mass is 28.4. The molecular formula is C31H42N2O8Si.